The van der Waals surface area contributed by atoms with Gasteiger partial charge in [0.25, 0.3) is 0 Å². The van der Waals surface area contributed by atoms with Crippen molar-refractivity contribution in [1.29, 1.82) is 0 Å². The molecule has 16 heavy (non-hydrogen) atoms. The van der Waals surface area contributed by atoms with Crippen LogP contribution in [0.4, 0.5) is 0 Å². The van der Waals surface area contributed by atoms with Gasteiger partial charge in [0.2, 0.25) is 0 Å². The van der Waals surface area contributed by atoms with Crippen molar-refractivity contribution in [2.24, 2.45) is 0 Å². The monoisotopic (exact) mass is 227 g/mol. The van der Waals surface area contributed by atoms with Crippen LogP contribution in [0.2, 0.25) is 0 Å². The Kier molecular flexibility index (Phi) is 6.88. The molecule has 0 saturated carbocycles. The van der Waals surface area contributed by atoms with E-state index in [-0.39, 0.29) is 6.04 Å². The van der Waals surface area contributed by atoms with Gasteiger partial charge >= 0.3 is 0 Å². The van der Waals surface area contributed by atoms with E-state index < -0.39 is 0 Å². The maximum atomic E-state index is 5.36. The van der Waals surface area contributed by atoms with Gasteiger partial charge in [-0.05, 0) is 32.0 Å². The number of ether oxygens (including phenoxy) is 2. The van der Waals surface area contributed by atoms with Crippen LogP contribution < -0.4 is 5.32 Å². The van der Waals surface area contributed by atoms with Crippen LogP contribution in [0, 0.1) is 0 Å². The number of nitrogens with one attached hydrogen (secondary N) is 1. The fourth-order valence-electron chi connectivity index (χ4n) is 1.38. The summed E-state index contributed by atoms with van der Waals surface area (Å²) in [5.74, 6) is 0.973. The van der Waals surface area contributed by atoms with E-state index in [0.717, 1.165) is 25.3 Å². The Hall–Kier alpha value is -0.840. The molecule has 1 heterocycles. The quantitative estimate of drug-likeness (QED) is 0.655. The molecule has 0 fully saturated rings. The Labute approximate surface area is 96.9 Å². The standard InChI is InChI=1S/C12H21NO3/c1-11(12-5-3-8-16-12)13-6-4-7-15-10-9-14-2/h3,5,8,11,13H,4,6-7,9-10H2,1-2H3. The lowest BCUT2D eigenvalue weighted by molar-refractivity contribution is 0.0692. The minimum absolute atomic E-state index is 0.258. The molecule has 1 unspecified atom stereocenters. The molecule has 0 saturated heterocycles. The maximum absolute atomic E-state index is 5.36. The molecule has 0 spiro atoms. The summed E-state index contributed by atoms with van der Waals surface area (Å²) >= 11 is 0. The first-order chi connectivity index (χ1) is 7.84. The summed E-state index contributed by atoms with van der Waals surface area (Å²) in [6.45, 7) is 5.11. The van der Waals surface area contributed by atoms with E-state index >= 15 is 0 Å². The molecule has 4 nitrogen and oxygen atoms in total. The molecular weight excluding hydrogens is 206 g/mol. The van der Waals surface area contributed by atoms with Gasteiger partial charge in [-0.25, -0.2) is 0 Å². The molecule has 0 radical (unpaired) electrons. The van der Waals surface area contributed by atoms with Gasteiger partial charge in [0.05, 0.1) is 25.5 Å². The van der Waals surface area contributed by atoms with Crippen molar-refractivity contribution in [3.05, 3.63) is 24.2 Å². The third-order valence-electron chi connectivity index (χ3n) is 2.32. The third-order valence-corrected chi connectivity index (χ3v) is 2.32. The first kappa shape index (κ1) is 13.2. The minimum Gasteiger partial charge on any atom is -0.468 e. The van der Waals surface area contributed by atoms with Gasteiger partial charge in [0.15, 0.2) is 0 Å². The van der Waals surface area contributed by atoms with Gasteiger partial charge in [0.1, 0.15) is 5.76 Å². The molecule has 0 aliphatic heterocycles. The largest absolute Gasteiger partial charge is 0.468 e. The highest BCUT2D eigenvalue weighted by Gasteiger charge is 2.05. The Morgan fingerprint density at radius 3 is 2.94 bits per heavy atom. The Morgan fingerprint density at radius 1 is 1.38 bits per heavy atom. The molecule has 1 N–H and O–H groups in total. The van der Waals surface area contributed by atoms with Crippen LogP contribution in [0.5, 0.6) is 0 Å². The third kappa shape index (κ3) is 5.30. The second-order valence-electron chi connectivity index (χ2n) is 3.65. The lowest BCUT2D eigenvalue weighted by Gasteiger charge is -2.11. The molecule has 1 aromatic heterocycles. The first-order valence-electron chi connectivity index (χ1n) is 5.68. The fraction of sp³-hybridized carbons (Fsp3) is 0.667. The smallest absolute Gasteiger partial charge is 0.120 e. The summed E-state index contributed by atoms with van der Waals surface area (Å²) < 4.78 is 15.5. The van der Waals surface area contributed by atoms with Gasteiger partial charge in [-0.1, -0.05) is 0 Å². The van der Waals surface area contributed by atoms with Crippen molar-refractivity contribution in [2.45, 2.75) is 19.4 Å². The molecule has 0 bridgehead atoms. The van der Waals surface area contributed by atoms with Crippen LogP contribution in [0.15, 0.2) is 22.8 Å². The van der Waals surface area contributed by atoms with Crippen molar-refractivity contribution >= 4 is 0 Å². The van der Waals surface area contributed by atoms with E-state index in [4.69, 9.17) is 13.9 Å². The van der Waals surface area contributed by atoms with E-state index in [1.54, 1.807) is 13.4 Å². The zero-order valence-corrected chi connectivity index (χ0v) is 10.1. The predicted molar refractivity (Wildman–Crippen MR) is 62.4 cm³/mol. The summed E-state index contributed by atoms with van der Waals surface area (Å²) in [7, 11) is 1.68. The fourth-order valence-corrected chi connectivity index (χ4v) is 1.38. The highest BCUT2D eigenvalue weighted by atomic mass is 16.5. The van der Waals surface area contributed by atoms with Crippen LogP contribution in [-0.4, -0.2) is 33.5 Å². The molecule has 0 amide bonds. The minimum atomic E-state index is 0.258. The van der Waals surface area contributed by atoms with Gasteiger partial charge in [-0.3, -0.25) is 0 Å². The van der Waals surface area contributed by atoms with Gasteiger partial charge in [-0.2, -0.15) is 0 Å². The van der Waals surface area contributed by atoms with E-state index in [2.05, 4.69) is 12.2 Å². The highest BCUT2D eigenvalue weighted by Crippen LogP contribution is 2.11. The van der Waals surface area contributed by atoms with Gasteiger partial charge in [-0.15, -0.1) is 0 Å². The van der Waals surface area contributed by atoms with Crippen molar-refractivity contribution in [3.63, 3.8) is 0 Å². The van der Waals surface area contributed by atoms with Crippen molar-refractivity contribution in [3.8, 4) is 0 Å². The second-order valence-corrected chi connectivity index (χ2v) is 3.65. The molecule has 4 heteroatoms. The number of methoxy groups -OCH3 is 1. The molecule has 0 aromatic carbocycles. The molecular formula is C12H21NO3. The molecule has 0 aliphatic rings. The molecule has 0 aliphatic carbocycles. The van der Waals surface area contributed by atoms with E-state index in [1.807, 2.05) is 12.1 Å². The number of rotatable bonds is 9. The molecule has 1 aromatic rings. The van der Waals surface area contributed by atoms with Gasteiger partial charge in [0, 0.05) is 13.7 Å². The van der Waals surface area contributed by atoms with E-state index in [1.165, 1.54) is 0 Å². The van der Waals surface area contributed by atoms with Gasteiger partial charge < -0.3 is 19.2 Å². The lowest BCUT2D eigenvalue weighted by Crippen LogP contribution is -2.20. The van der Waals surface area contributed by atoms with Crippen LogP contribution in [-0.2, 0) is 9.47 Å². The average Bonchev–Trinajstić information content (AvgIpc) is 2.81. The van der Waals surface area contributed by atoms with E-state index in [9.17, 15) is 0 Å². The Morgan fingerprint density at radius 2 is 2.25 bits per heavy atom. The lowest BCUT2D eigenvalue weighted by atomic mass is 10.2. The zero-order valence-electron chi connectivity index (χ0n) is 10.1. The Bertz CT molecular complexity index is 249. The van der Waals surface area contributed by atoms with Crippen molar-refractivity contribution in [2.75, 3.05) is 33.5 Å². The SMILES string of the molecule is COCCOCCCNC(C)c1ccco1. The number of hydrogen-bond acceptors (Lipinski definition) is 4. The number of hydrogen-bond donors (Lipinski definition) is 1. The summed E-state index contributed by atoms with van der Waals surface area (Å²) in [6.07, 6.45) is 2.69. The summed E-state index contributed by atoms with van der Waals surface area (Å²) in [4.78, 5) is 0. The molecule has 92 valence electrons. The van der Waals surface area contributed by atoms with Crippen molar-refractivity contribution in [1.82, 2.24) is 5.32 Å². The molecule has 1 rings (SSSR count). The average molecular weight is 227 g/mol. The summed E-state index contributed by atoms with van der Waals surface area (Å²) in [5.41, 5.74) is 0. The van der Waals surface area contributed by atoms with Crippen LogP contribution in [0.3, 0.4) is 0 Å². The van der Waals surface area contributed by atoms with Crippen LogP contribution >= 0.6 is 0 Å². The Balaban J connectivity index is 1.95. The maximum Gasteiger partial charge on any atom is 0.120 e. The summed E-state index contributed by atoms with van der Waals surface area (Å²) in [5, 5.41) is 3.37. The predicted octanol–water partition coefficient (Wildman–Crippen LogP) is 1.98. The van der Waals surface area contributed by atoms with Crippen LogP contribution in [0.1, 0.15) is 25.1 Å². The van der Waals surface area contributed by atoms with Crippen LogP contribution in [0.25, 0.3) is 0 Å². The molecule has 1 atom stereocenters. The summed E-state index contributed by atoms with van der Waals surface area (Å²) in [6, 6.07) is 4.14. The first-order valence-corrected chi connectivity index (χ1v) is 5.68. The van der Waals surface area contributed by atoms with E-state index in [0.29, 0.717) is 13.2 Å². The highest BCUT2D eigenvalue weighted by molar-refractivity contribution is 5.02. The second kappa shape index (κ2) is 8.33. The zero-order chi connectivity index (χ0) is 11.6. The normalized spacial score (nSPS) is 12.9. The van der Waals surface area contributed by atoms with Crippen molar-refractivity contribution < 1.29 is 13.9 Å². The topological polar surface area (TPSA) is 43.6 Å². The number of furan rings is 1.